The summed E-state index contributed by atoms with van der Waals surface area (Å²) in [6, 6.07) is 2.69. The lowest BCUT2D eigenvalue weighted by Crippen LogP contribution is -2.27. The van der Waals surface area contributed by atoms with Gasteiger partial charge in [0.1, 0.15) is 29.8 Å². The fraction of sp³-hybridized carbons (Fsp3) is 0.182. The van der Waals surface area contributed by atoms with E-state index in [-0.39, 0.29) is 11.8 Å². The number of aliphatic hydroxyl groups excluding tert-OH is 2. The molecule has 0 atom stereocenters. The van der Waals surface area contributed by atoms with Gasteiger partial charge in [-0.1, -0.05) is 0 Å². The molecule has 0 unspecified atom stereocenters. The maximum atomic E-state index is 10.5. The molecule has 0 aliphatic carbocycles. The highest BCUT2D eigenvalue weighted by atomic mass is 16.6. The number of anilines is 1. The van der Waals surface area contributed by atoms with Crippen LogP contribution in [0, 0.1) is 10.1 Å². The maximum absolute atomic E-state index is 10.5. The molecule has 2 aromatic heterocycles. The number of hydrogen-bond acceptors (Lipinski definition) is 9. The summed E-state index contributed by atoms with van der Waals surface area (Å²) in [5.74, 6) is 0.0152. The van der Waals surface area contributed by atoms with Crippen molar-refractivity contribution in [1.29, 1.82) is 0 Å². The van der Waals surface area contributed by atoms with Crippen LogP contribution in [0.4, 0.5) is 11.8 Å². The smallest absolute Gasteiger partial charge is 0.401 e. The van der Waals surface area contributed by atoms with Crippen molar-refractivity contribution in [2.75, 3.05) is 18.4 Å². The largest absolute Gasteiger partial charge is 0.433 e. The molecule has 10 heteroatoms. The molecule has 0 radical (unpaired) electrons. The molecule has 2 N–H and O–H groups in total. The number of aromatic nitrogens is 3. The van der Waals surface area contributed by atoms with Gasteiger partial charge in [0.25, 0.3) is 0 Å². The number of aliphatic hydroxyl groups is 2. The lowest BCUT2D eigenvalue weighted by molar-refractivity contribution is -0.402. The molecule has 110 valence electrons. The molecule has 0 spiro atoms. The Hall–Kier alpha value is -2.85. The van der Waals surface area contributed by atoms with Gasteiger partial charge < -0.3 is 14.6 Å². The van der Waals surface area contributed by atoms with Crippen molar-refractivity contribution in [3.8, 4) is 0 Å². The summed E-state index contributed by atoms with van der Waals surface area (Å²) in [5, 5.41) is 35.8. The van der Waals surface area contributed by atoms with Gasteiger partial charge in [-0.05, 0) is 18.2 Å². The molecule has 2 heterocycles. The zero-order valence-electron chi connectivity index (χ0n) is 10.7. The molecule has 0 aliphatic heterocycles. The number of hydrogen-bond donors (Lipinski definition) is 2. The van der Waals surface area contributed by atoms with Gasteiger partial charge >= 0.3 is 5.88 Å². The van der Waals surface area contributed by atoms with Gasteiger partial charge in [-0.3, -0.25) is 15.0 Å². The van der Waals surface area contributed by atoms with E-state index in [1.807, 2.05) is 0 Å². The summed E-state index contributed by atoms with van der Waals surface area (Å²) in [4.78, 5) is 14.8. The van der Waals surface area contributed by atoms with Crippen LogP contribution < -0.4 is 4.90 Å². The molecule has 0 amide bonds. The Kier molecular flexibility index (Phi) is 4.53. The lowest BCUT2D eigenvalue weighted by atomic mass is 10.3. The molecule has 2 rings (SSSR count). The van der Waals surface area contributed by atoms with Crippen molar-refractivity contribution in [2.24, 2.45) is 0 Å². The molecule has 0 aliphatic rings. The van der Waals surface area contributed by atoms with Crippen LogP contribution in [-0.2, 0) is 0 Å². The van der Waals surface area contributed by atoms with E-state index in [4.69, 9.17) is 14.6 Å². The third-order valence-electron chi connectivity index (χ3n) is 2.40. The van der Waals surface area contributed by atoms with E-state index in [1.165, 1.54) is 30.5 Å². The van der Waals surface area contributed by atoms with Crippen molar-refractivity contribution in [3.05, 3.63) is 39.9 Å². The van der Waals surface area contributed by atoms with Crippen molar-refractivity contribution in [3.63, 3.8) is 0 Å². The lowest BCUT2D eigenvalue weighted by Gasteiger charge is -2.14. The molecule has 0 saturated heterocycles. The van der Waals surface area contributed by atoms with E-state index in [0.29, 0.717) is 11.5 Å². The van der Waals surface area contributed by atoms with E-state index in [1.54, 1.807) is 0 Å². The van der Waals surface area contributed by atoms with Crippen LogP contribution in [0.5, 0.6) is 0 Å². The fourth-order valence-electron chi connectivity index (χ4n) is 1.37. The van der Waals surface area contributed by atoms with Gasteiger partial charge in [-0.2, -0.15) is 0 Å². The summed E-state index contributed by atoms with van der Waals surface area (Å²) >= 11 is 0. The van der Waals surface area contributed by atoms with Crippen LogP contribution >= 0.6 is 0 Å². The zero-order valence-corrected chi connectivity index (χ0v) is 10.7. The van der Waals surface area contributed by atoms with Crippen molar-refractivity contribution < 1.29 is 19.6 Å². The van der Waals surface area contributed by atoms with Crippen molar-refractivity contribution >= 4 is 24.0 Å². The molecule has 0 aromatic carbocycles. The van der Waals surface area contributed by atoms with E-state index in [0.717, 1.165) is 4.90 Å². The number of rotatable bonds is 6. The average Bonchev–Trinajstić information content (AvgIpc) is 2.97. The Morgan fingerprint density at radius 3 is 2.57 bits per heavy atom. The van der Waals surface area contributed by atoms with E-state index in [9.17, 15) is 10.1 Å². The molecule has 10 nitrogen and oxygen atoms in total. The predicted octanol–water partition coefficient (Wildman–Crippen LogP) is 0.249. The summed E-state index contributed by atoms with van der Waals surface area (Å²) in [7, 11) is 0. The van der Waals surface area contributed by atoms with Crippen LogP contribution in [-0.4, -0.2) is 43.8 Å². The first-order valence-electron chi connectivity index (χ1n) is 5.72. The zero-order chi connectivity index (χ0) is 15.2. The van der Waals surface area contributed by atoms with Crippen LogP contribution in [0.1, 0.15) is 11.5 Å². The third-order valence-corrected chi connectivity index (χ3v) is 2.40. The molecule has 2 aromatic rings. The Morgan fingerprint density at radius 1 is 1.29 bits per heavy atom. The highest BCUT2D eigenvalue weighted by molar-refractivity contribution is 5.65. The Bertz CT molecular complexity index is 635. The molecular weight excluding hydrogens is 282 g/mol. The molecule has 0 saturated carbocycles. The SMILES string of the molecule is O=[N+]([O-])c1ccc(C=Cc2cnc(N(CO)CO)nn2)o1. The quantitative estimate of drug-likeness (QED) is 0.435. The minimum atomic E-state index is -0.633. The topological polar surface area (TPSA) is 139 Å². The second-order valence-electron chi connectivity index (χ2n) is 3.77. The Morgan fingerprint density at radius 2 is 2.05 bits per heavy atom. The highest BCUT2D eigenvalue weighted by Gasteiger charge is 2.10. The standard InChI is InChI=1S/C11H11N5O5/c17-6-15(7-18)11-12-5-8(13-14-11)1-2-9-3-4-10(21-9)16(19)20/h1-5,17-18H,6-7H2. The van der Waals surface area contributed by atoms with Gasteiger partial charge in [0.15, 0.2) is 0 Å². The minimum absolute atomic E-state index is 0.0748. The summed E-state index contributed by atoms with van der Waals surface area (Å²) < 4.78 is 4.93. The van der Waals surface area contributed by atoms with Gasteiger partial charge in [0.05, 0.1) is 12.3 Å². The second-order valence-corrected chi connectivity index (χ2v) is 3.77. The first kappa shape index (κ1) is 14.6. The van der Waals surface area contributed by atoms with Crippen molar-refractivity contribution in [1.82, 2.24) is 15.2 Å². The van der Waals surface area contributed by atoms with Crippen LogP contribution in [0.3, 0.4) is 0 Å². The number of nitrogens with zero attached hydrogens (tertiary/aromatic N) is 5. The van der Waals surface area contributed by atoms with E-state index >= 15 is 0 Å². The Balaban J connectivity index is 2.08. The predicted molar refractivity (Wildman–Crippen MR) is 70.8 cm³/mol. The average molecular weight is 293 g/mol. The highest BCUT2D eigenvalue weighted by Crippen LogP contribution is 2.17. The maximum Gasteiger partial charge on any atom is 0.433 e. The first-order chi connectivity index (χ1) is 10.1. The Labute approximate surface area is 118 Å². The first-order valence-corrected chi connectivity index (χ1v) is 5.72. The monoisotopic (exact) mass is 293 g/mol. The van der Waals surface area contributed by atoms with Gasteiger partial charge in [-0.15, -0.1) is 10.2 Å². The van der Waals surface area contributed by atoms with E-state index in [2.05, 4.69) is 15.2 Å². The normalized spacial score (nSPS) is 11.0. The molecule has 21 heavy (non-hydrogen) atoms. The molecule has 0 bridgehead atoms. The summed E-state index contributed by atoms with van der Waals surface area (Å²) in [6.07, 6.45) is 4.36. The van der Waals surface area contributed by atoms with Gasteiger partial charge in [-0.25, -0.2) is 4.98 Å². The van der Waals surface area contributed by atoms with Crippen LogP contribution in [0.2, 0.25) is 0 Å². The van der Waals surface area contributed by atoms with Crippen LogP contribution in [0.15, 0.2) is 22.7 Å². The number of nitro groups is 1. The molecule has 0 fully saturated rings. The minimum Gasteiger partial charge on any atom is -0.401 e. The fourth-order valence-corrected chi connectivity index (χ4v) is 1.37. The van der Waals surface area contributed by atoms with Crippen LogP contribution in [0.25, 0.3) is 12.2 Å². The second kappa shape index (κ2) is 6.54. The molecular formula is C11H11N5O5. The summed E-state index contributed by atoms with van der Waals surface area (Å²) in [6.45, 7) is -0.882. The van der Waals surface area contributed by atoms with E-state index < -0.39 is 18.4 Å². The number of furan rings is 1. The van der Waals surface area contributed by atoms with Gasteiger partial charge in [0.2, 0.25) is 5.95 Å². The summed E-state index contributed by atoms with van der Waals surface area (Å²) in [5.41, 5.74) is 0.383. The van der Waals surface area contributed by atoms with Gasteiger partial charge in [0, 0.05) is 0 Å². The van der Waals surface area contributed by atoms with Crippen molar-refractivity contribution in [2.45, 2.75) is 0 Å². The third kappa shape index (κ3) is 3.58.